The summed E-state index contributed by atoms with van der Waals surface area (Å²) >= 11 is 0. The molecule has 0 radical (unpaired) electrons. The molecule has 154 valence electrons. The molecule has 0 bridgehead atoms. The molecule has 2 atom stereocenters. The molecule has 2 heterocycles. The van der Waals surface area contributed by atoms with E-state index in [9.17, 15) is 4.79 Å². The average molecular weight is 389 g/mol. The van der Waals surface area contributed by atoms with Crippen molar-refractivity contribution in [1.82, 2.24) is 15.1 Å². The first-order valence-corrected chi connectivity index (χ1v) is 10.2. The van der Waals surface area contributed by atoms with Crippen LogP contribution in [0, 0.1) is 0 Å². The van der Waals surface area contributed by atoms with Gasteiger partial charge in [0.15, 0.2) is 5.96 Å². The van der Waals surface area contributed by atoms with Crippen LogP contribution in [0.2, 0.25) is 0 Å². The first-order chi connectivity index (χ1) is 13.6. The molecule has 7 nitrogen and oxygen atoms in total. The number of hydrogen-bond donors (Lipinski definition) is 1. The van der Waals surface area contributed by atoms with E-state index in [0.29, 0.717) is 18.7 Å². The Morgan fingerprint density at radius 2 is 1.96 bits per heavy atom. The Balaban J connectivity index is 1.64. The first kappa shape index (κ1) is 20.6. The summed E-state index contributed by atoms with van der Waals surface area (Å²) in [6, 6.07) is 7.67. The number of ether oxygens (including phenoxy) is 2. The maximum Gasteiger partial charge on any atom is 0.253 e. The summed E-state index contributed by atoms with van der Waals surface area (Å²) in [4.78, 5) is 20.7. The van der Waals surface area contributed by atoms with E-state index < -0.39 is 0 Å². The first-order valence-electron chi connectivity index (χ1n) is 10.2. The molecule has 3 rings (SSSR count). The number of hydrogen-bond acceptors (Lipinski definition) is 4. The van der Waals surface area contributed by atoms with Gasteiger partial charge in [-0.3, -0.25) is 4.79 Å². The molecular weight excluding hydrogens is 356 g/mol. The summed E-state index contributed by atoms with van der Waals surface area (Å²) in [5, 5.41) is 3.40. The van der Waals surface area contributed by atoms with Crippen LogP contribution in [-0.2, 0) is 16.0 Å². The number of rotatable bonds is 5. The number of nitrogens with one attached hydrogen (secondary N) is 1. The standard InChI is InChI=1S/C21H32N4O3/c1-4-22-21(25-11-13-28-19(15-25)18-6-5-12-27-18)23-14-16-7-9-17(10-8-16)20(26)24(2)3/h7-10,18-19H,4-6,11-15H2,1-3H3,(H,22,23). The van der Waals surface area contributed by atoms with Crippen molar-refractivity contribution in [2.75, 3.05) is 46.9 Å². The maximum absolute atomic E-state index is 12.0. The Hall–Kier alpha value is -2.12. The smallest absolute Gasteiger partial charge is 0.253 e. The van der Waals surface area contributed by atoms with Crippen molar-refractivity contribution in [2.24, 2.45) is 4.99 Å². The highest BCUT2D eigenvalue weighted by Gasteiger charge is 2.32. The van der Waals surface area contributed by atoms with E-state index in [-0.39, 0.29) is 18.1 Å². The van der Waals surface area contributed by atoms with Crippen LogP contribution in [0.25, 0.3) is 0 Å². The molecule has 2 aliphatic rings. The topological polar surface area (TPSA) is 66.4 Å². The third-order valence-electron chi connectivity index (χ3n) is 5.13. The summed E-state index contributed by atoms with van der Waals surface area (Å²) in [5.41, 5.74) is 1.77. The highest BCUT2D eigenvalue weighted by molar-refractivity contribution is 5.93. The summed E-state index contributed by atoms with van der Waals surface area (Å²) in [6.45, 7) is 6.62. The third kappa shape index (κ3) is 5.23. The Kier molecular flexibility index (Phi) is 7.28. The minimum Gasteiger partial charge on any atom is -0.375 e. The van der Waals surface area contributed by atoms with E-state index in [1.165, 1.54) is 0 Å². The molecule has 0 saturated carbocycles. The van der Waals surface area contributed by atoms with Gasteiger partial charge in [0.2, 0.25) is 0 Å². The molecule has 28 heavy (non-hydrogen) atoms. The van der Waals surface area contributed by atoms with Crippen molar-refractivity contribution >= 4 is 11.9 Å². The minimum absolute atomic E-state index is 0.0110. The molecule has 2 unspecified atom stereocenters. The van der Waals surface area contributed by atoms with Crippen LogP contribution in [0.15, 0.2) is 29.3 Å². The van der Waals surface area contributed by atoms with E-state index in [0.717, 1.165) is 50.6 Å². The van der Waals surface area contributed by atoms with Crippen molar-refractivity contribution in [2.45, 2.75) is 38.5 Å². The molecule has 7 heteroatoms. The molecule has 0 aromatic heterocycles. The van der Waals surface area contributed by atoms with E-state index >= 15 is 0 Å². The summed E-state index contributed by atoms with van der Waals surface area (Å²) in [7, 11) is 3.52. The largest absolute Gasteiger partial charge is 0.375 e. The zero-order chi connectivity index (χ0) is 19.9. The van der Waals surface area contributed by atoms with Gasteiger partial charge in [-0.25, -0.2) is 4.99 Å². The molecule has 1 aromatic carbocycles. The van der Waals surface area contributed by atoms with Crippen LogP contribution in [0.3, 0.4) is 0 Å². The van der Waals surface area contributed by atoms with Crippen molar-refractivity contribution in [3.63, 3.8) is 0 Å². The van der Waals surface area contributed by atoms with Crippen LogP contribution in [-0.4, -0.2) is 80.8 Å². The number of amides is 1. The monoisotopic (exact) mass is 388 g/mol. The zero-order valence-electron chi connectivity index (χ0n) is 17.2. The third-order valence-corrected chi connectivity index (χ3v) is 5.13. The number of benzene rings is 1. The molecule has 2 fully saturated rings. The Bertz CT molecular complexity index is 669. The Labute approximate surface area is 167 Å². The average Bonchev–Trinajstić information content (AvgIpc) is 3.26. The van der Waals surface area contributed by atoms with Gasteiger partial charge in [0.1, 0.15) is 6.10 Å². The lowest BCUT2D eigenvalue weighted by molar-refractivity contribution is -0.0817. The number of morpholine rings is 1. The van der Waals surface area contributed by atoms with Crippen molar-refractivity contribution < 1.29 is 14.3 Å². The van der Waals surface area contributed by atoms with E-state index in [2.05, 4.69) is 17.1 Å². The van der Waals surface area contributed by atoms with Gasteiger partial charge in [-0.15, -0.1) is 0 Å². The van der Waals surface area contributed by atoms with Crippen molar-refractivity contribution in [3.05, 3.63) is 35.4 Å². The fourth-order valence-corrected chi connectivity index (χ4v) is 3.59. The van der Waals surface area contributed by atoms with Crippen molar-refractivity contribution in [3.8, 4) is 0 Å². The van der Waals surface area contributed by atoms with Crippen LogP contribution in [0.1, 0.15) is 35.7 Å². The number of aliphatic imine (C=N–C) groups is 1. The molecule has 2 aliphatic heterocycles. The lowest BCUT2D eigenvalue weighted by Gasteiger charge is -2.37. The van der Waals surface area contributed by atoms with Crippen molar-refractivity contribution in [1.29, 1.82) is 0 Å². The summed E-state index contributed by atoms with van der Waals surface area (Å²) < 4.78 is 11.8. The van der Waals surface area contributed by atoms with Gasteiger partial charge in [-0.05, 0) is 37.5 Å². The zero-order valence-corrected chi connectivity index (χ0v) is 17.2. The highest BCUT2D eigenvalue weighted by Crippen LogP contribution is 2.21. The van der Waals surface area contributed by atoms with Gasteiger partial charge in [-0.1, -0.05) is 12.1 Å². The van der Waals surface area contributed by atoms with Gasteiger partial charge >= 0.3 is 0 Å². The fraction of sp³-hybridized carbons (Fsp3) is 0.619. The quantitative estimate of drug-likeness (QED) is 0.615. The normalized spacial score (nSPS) is 23.0. The van der Waals surface area contributed by atoms with Crippen LogP contribution in [0.4, 0.5) is 0 Å². The second-order valence-electron chi connectivity index (χ2n) is 7.47. The fourth-order valence-electron chi connectivity index (χ4n) is 3.59. The second kappa shape index (κ2) is 9.89. The Morgan fingerprint density at radius 3 is 2.61 bits per heavy atom. The number of guanidine groups is 1. The van der Waals surface area contributed by atoms with Crippen LogP contribution < -0.4 is 5.32 Å². The van der Waals surface area contributed by atoms with Gasteiger partial charge in [0, 0.05) is 45.9 Å². The summed E-state index contributed by atoms with van der Waals surface area (Å²) in [6.07, 6.45) is 2.50. The summed E-state index contributed by atoms with van der Waals surface area (Å²) in [5.74, 6) is 0.916. The minimum atomic E-state index is 0.0110. The van der Waals surface area contributed by atoms with Crippen LogP contribution >= 0.6 is 0 Å². The van der Waals surface area contributed by atoms with Gasteiger partial charge in [-0.2, -0.15) is 0 Å². The van der Waals surface area contributed by atoms with E-state index in [4.69, 9.17) is 14.5 Å². The maximum atomic E-state index is 12.0. The molecule has 1 amide bonds. The molecule has 2 saturated heterocycles. The highest BCUT2D eigenvalue weighted by atomic mass is 16.5. The Morgan fingerprint density at radius 1 is 1.21 bits per heavy atom. The van der Waals surface area contributed by atoms with Crippen LogP contribution in [0.5, 0.6) is 0 Å². The molecule has 1 aromatic rings. The lowest BCUT2D eigenvalue weighted by Crippen LogP contribution is -2.53. The van der Waals surface area contributed by atoms with Gasteiger partial charge < -0.3 is 24.6 Å². The van der Waals surface area contributed by atoms with Gasteiger partial charge in [0.25, 0.3) is 5.91 Å². The lowest BCUT2D eigenvalue weighted by atomic mass is 10.1. The number of nitrogens with zero attached hydrogens (tertiary/aromatic N) is 3. The van der Waals surface area contributed by atoms with E-state index in [1.807, 2.05) is 24.3 Å². The number of carbonyl (C=O) groups excluding carboxylic acids is 1. The molecule has 1 N–H and O–H groups in total. The number of carbonyl (C=O) groups is 1. The molecular formula is C21H32N4O3. The molecule has 0 spiro atoms. The molecule has 0 aliphatic carbocycles. The second-order valence-corrected chi connectivity index (χ2v) is 7.47. The predicted octanol–water partition coefficient (Wildman–Crippen LogP) is 1.73. The van der Waals surface area contributed by atoms with Gasteiger partial charge in [0.05, 0.1) is 19.3 Å². The van der Waals surface area contributed by atoms with E-state index in [1.54, 1.807) is 19.0 Å². The predicted molar refractivity (Wildman–Crippen MR) is 110 cm³/mol. The SMILES string of the molecule is CCNC(=NCc1ccc(C(=O)N(C)C)cc1)N1CCOC(C2CCCO2)C1.